The van der Waals surface area contributed by atoms with E-state index in [0.29, 0.717) is 11.8 Å². The molecule has 4 aliphatic carbocycles. The summed E-state index contributed by atoms with van der Waals surface area (Å²) in [6.45, 7) is 13.3. The molecule has 6 unspecified atom stereocenters. The van der Waals surface area contributed by atoms with E-state index >= 15 is 0 Å². The van der Waals surface area contributed by atoms with Crippen LogP contribution in [0, 0.1) is 33.5 Å². The van der Waals surface area contributed by atoms with Gasteiger partial charge in [0.25, 0.3) is 0 Å². The minimum absolute atomic E-state index is 0.0690. The highest BCUT2D eigenvalue weighted by molar-refractivity contribution is 5.64. The Kier molecular flexibility index (Phi) is 4.27. The first-order chi connectivity index (χ1) is 12.9. The van der Waals surface area contributed by atoms with E-state index in [0.717, 1.165) is 25.7 Å². The van der Waals surface area contributed by atoms with E-state index in [1.807, 2.05) is 0 Å². The number of carbonyl (C=O) groups excluding carboxylic acids is 2. The second kappa shape index (κ2) is 6.02. The van der Waals surface area contributed by atoms with E-state index in [4.69, 9.17) is 9.47 Å². The average molecular weight is 395 g/mol. The van der Waals surface area contributed by atoms with Gasteiger partial charge in [-0.05, 0) is 61.2 Å². The van der Waals surface area contributed by atoms with Gasteiger partial charge in [-0.1, -0.05) is 41.5 Å². The number of hydrogen-bond donors (Lipinski definition) is 0. The summed E-state index contributed by atoms with van der Waals surface area (Å²) in [5.41, 5.74) is 0.116. The first-order valence-corrected chi connectivity index (χ1v) is 10.7. The van der Waals surface area contributed by atoms with E-state index in [1.54, 1.807) is 0 Å². The average Bonchev–Trinajstić information content (AvgIpc) is 3.12. The van der Waals surface area contributed by atoms with Crippen molar-refractivity contribution in [3.8, 4) is 0 Å². The van der Waals surface area contributed by atoms with Gasteiger partial charge in [0.15, 0.2) is 0 Å². The van der Waals surface area contributed by atoms with Gasteiger partial charge in [-0.2, -0.15) is 19.4 Å². The Labute approximate surface area is 167 Å². The molecule has 4 saturated carbocycles. The van der Waals surface area contributed by atoms with E-state index in [9.17, 15) is 9.59 Å². The van der Waals surface area contributed by atoms with Gasteiger partial charge >= 0.3 is 12.3 Å². The summed E-state index contributed by atoms with van der Waals surface area (Å²) in [5, 5.41) is 0. The van der Waals surface area contributed by atoms with Gasteiger partial charge in [0.2, 0.25) is 0 Å². The third kappa shape index (κ3) is 2.51. The summed E-state index contributed by atoms with van der Waals surface area (Å²) >= 11 is 0. The van der Waals surface area contributed by atoms with Crippen LogP contribution in [0.15, 0.2) is 0 Å². The van der Waals surface area contributed by atoms with Crippen molar-refractivity contribution in [1.82, 2.24) is 0 Å². The highest BCUT2D eigenvalue weighted by Crippen LogP contribution is 2.67. The second-order valence-electron chi connectivity index (χ2n) is 11.1. The Hall–Kier alpha value is -1.46. The van der Waals surface area contributed by atoms with E-state index < -0.39 is 12.3 Å². The largest absolute Gasteiger partial charge is 0.550 e. The van der Waals surface area contributed by atoms with Gasteiger partial charge < -0.3 is 9.47 Å². The van der Waals surface area contributed by atoms with E-state index in [2.05, 4.69) is 51.3 Å². The second-order valence-corrected chi connectivity index (χ2v) is 11.1. The van der Waals surface area contributed by atoms with Gasteiger partial charge in [0.1, 0.15) is 12.2 Å². The zero-order valence-corrected chi connectivity index (χ0v) is 18.0. The fourth-order valence-electron chi connectivity index (χ4n) is 6.96. The lowest BCUT2D eigenvalue weighted by Crippen LogP contribution is -2.39. The molecule has 0 aromatic heterocycles. The summed E-state index contributed by atoms with van der Waals surface area (Å²) in [6.07, 6.45) is 3.71. The first-order valence-electron chi connectivity index (χ1n) is 10.7. The van der Waals surface area contributed by atoms with Crippen molar-refractivity contribution in [3.63, 3.8) is 0 Å². The summed E-state index contributed by atoms with van der Waals surface area (Å²) in [5.74, 6) is 1.09. The molecule has 4 rings (SSSR count). The molecular formula is C22H34O6. The minimum atomic E-state index is -0.967. The molecule has 0 radical (unpaired) electrons. The van der Waals surface area contributed by atoms with Crippen molar-refractivity contribution >= 4 is 12.3 Å². The van der Waals surface area contributed by atoms with E-state index in [1.165, 1.54) is 12.8 Å². The number of carbonyl (C=O) groups is 2. The summed E-state index contributed by atoms with van der Waals surface area (Å²) in [6, 6.07) is 0. The smallest absolute Gasteiger partial charge is 0.428 e. The molecule has 0 saturated heterocycles. The van der Waals surface area contributed by atoms with Gasteiger partial charge in [-0.15, -0.1) is 0 Å². The molecule has 4 bridgehead atoms. The molecule has 158 valence electrons. The van der Waals surface area contributed by atoms with Crippen molar-refractivity contribution in [2.24, 2.45) is 33.5 Å². The highest BCUT2D eigenvalue weighted by atomic mass is 17.3. The predicted molar refractivity (Wildman–Crippen MR) is 101 cm³/mol. The summed E-state index contributed by atoms with van der Waals surface area (Å²) in [4.78, 5) is 33.4. The maximum absolute atomic E-state index is 12.1. The van der Waals surface area contributed by atoms with Crippen LogP contribution in [0.25, 0.3) is 0 Å². The molecule has 6 atom stereocenters. The quantitative estimate of drug-likeness (QED) is 0.343. The lowest BCUT2D eigenvalue weighted by Gasteiger charge is -2.38. The minimum Gasteiger partial charge on any atom is -0.428 e. The molecule has 0 aliphatic heterocycles. The molecule has 0 heterocycles. The molecule has 6 nitrogen and oxygen atoms in total. The summed E-state index contributed by atoms with van der Waals surface area (Å²) < 4.78 is 11.0. The van der Waals surface area contributed by atoms with Crippen LogP contribution in [-0.2, 0) is 19.2 Å². The van der Waals surface area contributed by atoms with Crippen LogP contribution in [0.2, 0.25) is 0 Å². The Morgan fingerprint density at radius 2 is 1.04 bits per heavy atom. The monoisotopic (exact) mass is 394 g/mol. The molecule has 28 heavy (non-hydrogen) atoms. The van der Waals surface area contributed by atoms with Crippen LogP contribution in [-0.4, -0.2) is 24.5 Å². The van der Waals surface area contributed by atoms with Crippen molar-refractivity contribution in [1.29, 1.82) is 0 Å². The lowest BCUT2D eigenvalue weighted by atomic mass is 9.70. The standard InChI is InChI=1S/C22H34O6/c1-19(2)13-7-9-21(19,5)15(11-13)25-17(23)27-28-18(24)26-16-12-14-8-10-22(16,6)20(14,3)4/h13-16H,7-12H2,1-6H3. The fraction of sp³-hybridized carbons (Fsp3) is 0.909. The molecular weight excluding hydrogens is 360 g/mol. The first kappa shape index (κ1) is 19.8. The van der Waals surface area contributed by atoms with Crippen molar-refractivity contribution in [2.45, 2.75) is 92.3 Å². The van der Waals surface area contributed by atoms with Crippen molar-refractivity contribution in [3.05, 3.63) is 0 Å². The Balaban J connectivity index is 1.27. The molecule has 0 aromatic rings. The maximum Gasteiger partial charge on any atom is 0.550 e. The highest BCUT2D eigenvalue weighted by Gasteiger charge is 2.64. The van der Waals surface area contributed by atoms with Gasteiger partial charge in [0.05, 0.1) is 0 Å². The number of rotatable bonds is 2. The van der Waals surface area contributed by atoms with Crippen LogP contribution >= 0.6 is 0 Å². The molecule has 0 aromatic carbocycles. The predicted octanol–water partition coefficient (Wildman–Crippen LogP) is 5.64. The van der Waals surface area contributed by atoms with E-state index in [-0.39, 0.29) is 33.9 Å². The lowest BCUT2D eigenvalue weighted by molar-refractivity contribution is -0.232. The Bertz CT molecular complexity index is 627. The fourth-order valence-corrected chi connectivity index (χ4v) is 6.96. The van der Waals surface area contributed by atoms with Crippen LogP contribution in [0.4, 0.5) is 9.59 Å². The van der Waals surface area contributed by atoms with Gasteiger partial charge in [-0.3, -0.25) is 0 Å². The Morgan fingerprint density at radius 3 is 1.29 bits per heavy atom. The number of hydrogen-bond acceptors (Lipinski definition) is 6. The van der Waals surface area contributed by atoms with Crippen molar-refractivity contribution < 1.29 is 28.8 Å². The molecule has 0 spiro atoms. The van der Waals surface area contributed by atoms with Gasteiger partial charge in [0, 0.05) is 10.8 Å². The SMILES string of the molecule is CC1(C)C2CCC1(C)C(OC(=O)OOC(=O)OC1CC3CCC1(C)C3(C)C)C2. The zero-order chi connectivity index (χ0) is 20.5. The van der Waals surface area contributed by atoms with Crippen LogP contribution < -0.4 is 0 Å². The van der Waals surface area contributed by atoms with Crippen LogP contribution in [0.3, 0.4) is 0 Å². The van der Waals surface area contributed by atoms with Gasteiger partial charge in [-0.25, -0.2) is 0 Å². The van der Waals surface area contributed by atoms with Crippen LogP contribution in [0.1, 0.15) is 80.1 Å². The maximum atomic E-state index is 12.1. The number of ether oxygens (including phenoxy) is 2. The Morgan fingerprint density at radius 1 is 0.679 bits per heavy atom. The normalized spacial score (nSPS) is 44.4. The topological polar surface area (TPSA) is 71.1 Å². The zero-order valence-electron chi connectivity index (χ0n) is 18.0. The molecule has 4 fully saturated rings. The third-order valence-electron chi connectivity index (χ3n) is 10.1. The van der Waals surface area contributed by atoms with Crippen molar-refractivity contribution in [2.75, 3.05) is 0 Å². The molecule has 0 amide bonds. The molecule has 0 N–H and O–H groups in total. The van der Waals surface area contributed by atoms with Crippen LogP contribution in [0.5, 0.6) is 0 Å². The molecule has 6 heteroatoms. The number of fused-ring (bicyclic) bond motifs is 4. The molecule has 4 aliphatic rings. The summed E-state index contributed by atoms with van der Waals surface area (Å²) in [7, 11) is 0. The third-order valence-corrected chi connectivity index (χ3v) is 10.1.